The summed E-state index contributed by atoms with van der Waals surface area (Å²) in [6.07, 6.45) is -0.0489. The summed E-state index contributed by atoms with van der Waals surface area (Å²) in [7, 11) is 6.18. The van der Waals surface area contributed by atoms with Gasteiger partial charge in [0.1, 0.15) is 5.78 Å². The fourth-order valence-corrected chi connectivity index (χ4v) is 9.68. The highest BCUT2D eigenvalue weighted by molar-refractivity contribution is 6.01. The molecule has 2 saturated heterocycles. The number of carboxylic acid groups (broad SMARTS) is 1. The normalized spacial score (nSPS) is 18.8. The van der Waals surface area contributed by atoms with Gasteiger partial charge in [0.15, 0.2) is 5.78 Å². The molecular weight excluding hydrogens is 865 g/mol. The van der Waals surface area contributed by atoms with Crippen molar-refractivity contribution in [3.8, 4) is 0 Å². The third kappa shape index (κ3) is 15.2. The number of Topliss-reactive ketones (excluding diaryl/α,β-unsaturated/α-hetero) is 2. The maximum atomic E-state index is 14.6. The largest absolute Gasteiger partial charge is 0.481 e. The summed E-state index contributed by atoms with van der Waals surface area (Å²) in [6.45, 7) is 13.5. The van der Waals surface area contributed by atoms with Gasteiger partial charge >= 0.3 is 11.9 Å². The fraction of sp³-hybridized carbons (Fsp3) is 0.700. The molecule has 0 bridgehead atoms. The Morgan fingerprint density at radius 1 is 0.806 bits per heavy atom. The van der Waals surface area contributed by atoms with Crippen LogP contribution in [0.15, 0.2) is 30.3 Å². The lowest BCUT2D eigenvalue weighted by Crippen LogP contribution is -2.54. The molecule has 9 atom stereocenters. The molecule has 0 spiro atoms. The van der Waals surface area contributed by atoms with Crippen LogP contribution in [0.1, 0.15) is 125 Å². The van der Waals surface area contributed by atoms with Gasteiger partial charge in [0.2, 0.25) is 17.7 Å². The summed E-state index contributed by atoms with van der Waals surface area (Å²) >= 11 is 0. The van der Waals surface area contributed by atoms with Crippen molar-refractivity contribution in [2.24, 2.45) is 35.5 Å². The summed E-state index contributed by atoms with van der Waals surface area (Å²) in [6, 6.07) is 7.27. The number of methoxy groups -OCH3 is 2. The Labute approximate surface area is 396 Å². The molecule has 17 nitrogen and oxygen atoms in total. The van der Waals surface area contributed by atoms with Crippen molar-refractivity contribution in [2.75, 3.05) is 34.9 Å². The molecule has 67 heavy (non-hydrogen) atoms. The number of amides is 5. The average Bonchev–Trinajstić information content (AvgIpc) is 3.90. The van der Waals surface area contributed by atoms with Gasteiger partial charge in [0.25, 0.3) is 11.8 Å². The molecule has 0 radical (unpaired) electrons. The SMILES string of the molecule is CCC(C)[C@@H]([C@@H](CC(=O)N1CCC[C@H]1[C@H](OC)[C@@H](C)C(=O)C[C@@H](Cc1ccccc1)C(=O)O)OC)N(C)C(=O)[C@@H](CC(=O)[C@H](C(C)C)N(C)C(=O)CCCC(=O)ON1C(=O)CCC1=O)C(C)C. The Kier molecular flexibility index (Phi) is 22.3. The molecule has 0 saturated carbocycles. The number of aliphatic carboxylic acids is 1. The number of ether oxygens (including phenoxy) is 2. The van der Waals surface area contributed by atoms with E-state index in [-0.39, 0.29) is 98.9 Å². The van der Waals surface area contributed by atoms with E-state index in [1.54, 1.807) is 23.8 Å². The minimum Gasteiger partial charge on any atom is -0.481 e. The molecule has 2 fully saturated rings. The number of nitrogens with zero attached hydrogens (tertiary/aromatic N) is 4. The van der Waals surface area contributed by atoms with Crippen LogP contribution in [0, 0.1) is 35.5 Å². The minimum atomic E-state index is -1.06. The van der Waals surface area contributed by atoms with Crippen LogP contribution < -0.4 is 0 Å². The van der Waals surface area contributed by atoms with E-state index in [1.165, 1.54) is 26.2 Å². The molecule has 3 rings (SSSR count). The van der Waals surface area contributed by atoms with E-state index in [4.69, 9.17) is 14.3 Å². The van der Waals surface area contributed by atoms with Crippen LogP contribution >= 0.6 is 0 Å². The summed E-state index contributed by atoms with van der Waals surface area (Å²) < 4.78 is 12.0. The van der Waals surface area contributed by atoms with Crippen molar-refractivity contribution in [3.63, 3.8) is 0 Å². The summed E-state index contributed by atoms with van der Waals surface area (Å²) in [4.78, 5) is 128. The van der Waals surface area contributed by atoms with Crippen molar-refractivity contribution in [1.29, 1.82) is 0 Å². The Balaban J connectivity index is 1.72. The van der Waals surface area contributed by atoms with Crippen LogP contribution in [0.3, 0.4) is 0 Å². The lowest BCUT2D eigenvalue weighted by atomic mass is 9.83. The Hall–Kier alpha value is -5.03. The van der Waals surface area contributed by atoms with Crippen LogP contribution in [0.25, 0.3) is 0 Å². The van der Waals surface area contributed by atoms with E-state index in [9.17, 15) is 48.3 Å². The first kappa shape index (κ1) is 56.3. The Bertz CT molecular complexity index is 1870. The highest BCUT2D eigenvalue weighted by atomic mass is 16.7. The van der Waals surface area contributed by atoms with Gasteiger partial charge in [-0.15, -0.1) is 5.06 Å². The van der Waals surface area contributed by atoms with Gasteiger partial charge in [-0.1, -0.05) is 85.2 Å². The van der Waals surface area contributed by atoms with E-state index < -0.39 is 77.7 Å². The zero-order chi connectivity index (χ0) is 50.3. The molecule has 2 heterocycles. The minimum absolute atomic E-state index is 0.0356. The molecule has 0 aliphatic carbocycles. The van der Waals surface area contributed by atoms with E-state index >= 15 is 0 Å². The van der Waals surface area contributed by atoms with Gasteiger partial charge in [-0.2, -0.15) is 0 Å². The van der Waals surface area contributed by atoms with Gasteiger partial charge in [0, 0.05) is 85.2 Å². The zero-order valence-corrected chi connectivity index (χ0v) is 41.6. The number of carbonyl (C=O) groups is 9. The summed E-state index contributed by atoms with van der Waals surface area (Å²) in [5, 5.41) is 10.5. The second-order valence-corrected chi connectivity index (χ2v) is 19.1. The number of hydrogen-bond acceptors (Lipinski definition) is 12. The monoisotopic (exact) mass is 941 g/mol. The van der Waals surface area contributed by atoms with Gasteiger partial charge in [-0.05, 0) is 49.0 Å². The second kappa shape index (κ2) is 26.5. The molecule has 1 unspecified atom stereocenters. The summed E-state index contributed by atoms with van der Waals surface area (Å²) in [5.74, 6) is -7.68. The first-order chi connectivity index (χ1) is 31.6. The number of carbonyl (C=O) groups excluding carboxylic acids is 8. The van der Waals surface area contributed by atoms with Crippen LogP contribution in [0.5, 0.6) is 0 Å². The van der Waals surface area contributed by atoms with Gasteiger partial charge < -0.3 is 34.1 Å². The first-order valence-electron chi connectivity index (χ1n) is 23.9. The molecule has 374 valence electrons. The second-order valence-electron chi connectivity index (χ2n) is 19.1. The number of rotatable bonds is 28. The zero-order valence-electron chi connectivity index (χ0n) is 41.6. The Morgan fingerprint density at radius 2 is 1.43 bits per heavy atom. The molecule has 17 heteroatoms. The third-order valence-corrected chi connectivity index (χ3v) is 13.8. The number of carboxylic acids is 1. The lowest BCUT2D eigenvalue weighted by Gasteiger charge is -2.41. The predicted molar refractivity (Wildman–Crippen MR) is 247 cm³/mol. The van der Waals surface area contributed by atoms with Crippen molar-refractivity contribution < 1.29 is 62.6 Å². The highest BCUT2D eigenvalue weighted by Crippen LogP contribution is 2.32. The maximum absolute atomic E-state index is 14.6. The smallest absolute Gasteiger partial charge is 0.333 e. The highest BCUT2D eigenvalue weighted by Gasteiger charge is 2.44. The van der Waals surface area contributed by atoms with Crippen LogP contribution in [-0.2, 0) is 63.9 Å². The van der Waals surface area contributed by atoms with Gasteiger partial charge in [-0.3, -0.25) is 38.4 Å². The van der Waals surface area contributed by atoms with Crippen molar-refractivity contribution in [1.82, 2.24) is 19.8 Å². The predicted octanol–water partition coefficient (Wildman–Crippen LogP) is 5.30. The van der Waals surface area contributed by atoms with E-state index in [0.717, 1.165) is 5.56 Å². The number of ketones is 2. The van der Waals surface area contributed by atoms with E-state index in [0.29, 0.717) is 30.9 Å². The number of hydroxylamine groups is 2. The topological polar surface area (TPSA) is 215 Å². The number of hydrogen-bond donors (Lipinski definition) is 1. The van der Waals surface area contributed by atoms with Crippen molar-refractivity contribution in [3.05, 3.63) is 35.9 Å². The molecular formula is C50H76N4O13. The van der Waals surface area contributed by atoms with Gasteiger partial charge in [-0.25, -0.2) is 4.79 Å². The Morgan fingerprint density at radius 3 is 1.97 bits per heavy atom. The summed E-state index contributed by atoms with van der Waals surface area (Å²) in [5.41, 5.74) is 0.819. The number of imide groups is 1. The van der Waals surface area contributed by atoms with Gasteiger partial charge in [0.05, 0.1) is 42.7 Å². The molecule has 1 aromatic carbocycles. The third-order valence-electron chi connectivity index (χ3n) is 13.8. The van der Waals surface area contributed by atoms with E-state index in [2.05, 4.69) is 0 Å². The fourth-order valence-electron chi connectivity index (χ4n) is 9.68. The lowest BCUT2D eigenvalue weighted by molar-refractivity contribution is -0.197. The molecule has 1 N–H and O–H groups in total. The standard InChI is InChI=1S/C50H76N4O13/c1-12-32(6)47(40(65-10)29-44(60)53-25-17-20-37(53)48(66-11)33(7)38(55)27-35(50(63)64)26-34-18-14-13-15-19-34)52(9)49(62)36(30(2)3)28-39(56)46(31(4)5)51(8)41(57)21-16-22-45(61)67-54-42(58)23-24-43(54)59/h13-15,18-19,30-33,35-37,40,46-48H,12,16-17,20-29H2,1-11H3,(H,63,64)/t32?,33-,35+,36-,37-,40+,46-,47-,48+/m0/s1. The average molecular weight is 941 g/mol. The van der Waals surface area contributed by atoms with Crippen LogP contribution in [-0.4, -0.2) is 143 Å². The first-order valence-corrected chi connectivity index (χ1v) is 23.9. The molecule has 1 aromatic rings. The van der Waals surface area contributed by atoms with Crippen LogP contribution in [0.4, 0.5) is 0 Å². The number of likely N-dealkylation sites (tertiary alicyclic amines) is 1. The number of benzene rings is 1. The molecule has 5 amide bonds. The van der Waals surface area contributed by atoms with E-state index in [1.807, 2.05) is 71.9 Å². The van der Waals surface area contributed by atoms with Crippen LogP contribution in [0.2, 0.25) is 0 Å². The van der Waals surface area contributed by atoms with Crippen molar-refractivity contribution >= 4 is 53.0 Å². The van der Waals surface area contributed by atoms with Crippen molar-refractivity contribution in [2.45, 2.75) is 156 Å². The maximum Gasteiger partial charge on any atom is 0.333 e. The molecule has 0 aromatic heterocycles. The molecule has 2 aliphatic rings. The quantitative estimate of drug-likeness (QED) is 0.106. The molecule has 2 aliphatic heterocycles. The number of likely N-dealkylation sites (N-methyl/N-ethyl adjacent to an activating group) is 2.